The Bertz CT molecular complexity index is 1970. The molecule has 1 saturated carbocycles. The van der Waals surface area contributed by atoms with Crippen molar-refractivity contribution < 1.29 is 51.0 Å². The number of hydrogen-bond donors (Lipinski definition) is 1. The number of aromatic hydroxyl groups is 1. The average Bonchev–Trinajstić information content (AvgIpc) is 3.71. The van der Waals surface area contributed by atoms with Gasteiger partial charge in [0.1, 0.15) is 17.2 Å². The number of nitrogens with zero attached hydrogens (tertiary/aromatic N) is 2. The number of rotatable bonds is 5. The number of imide groups is 2. The van der Waals surface area contributed by atoms with Crippen LogP contribution in [0.1, 0.15) is 29.2 Å². The zero-order valence-electron chi connectivity index (χ0n) is 24.4. The summed E-state index contributed by atoms with van der Waals surface area (Å²) in [7, 11) is 1.23. The molecule has 1 N–H and O–H groups in total. The lowest BCUT2D eigenvalue weighted by Crippen LogP contribution is -2.60. The van der Waals surface area contributed by atoms with Gasteiger partial charge in [0.25, 0.3) is 11.8 Å². The topological polar surface area (TPSA) is 104 Å². The SMILES string of the molecule is COc1cc(O)ccc1[C@H]1C2=CC[C@@H]3C(=O)N(Cc4cccs4)C(=O)[C@@H]3[C@@H]2C[C@@]2(Cl)C(=O)N(c3c(F)c(F)c(F)c(F)c3F)C(=O)[C@@]12Cl. The first-order valence-corrected chi connectivity index (χ1v) is 16.0. The summed E-state index contributed by atoms with van der Waals surface area (Å²) < 4.78 is 78.6. The van der Waals surface area contributed by atoms with E-state index in [-0.39, 0.29) is 40.5 Å². The fraction of sp³-hybridized carbons (Fsp3) is 0.312. The summed E-state index contributed by atoms with van der Waals surface area (Å²) in [6, 6.07) is 7.18. The Morgan fingerprint density at radius 2 is 1.60 bits per heavy atom. The highest BCUT2D eigenvalue weighted by Crippen LogP contribution is 2.66. The van der Waals surface area contributed by atoms with Crippen molar-refractivity contribution in [2.24, 2.45) is 17.8 Å². The molecule has 3 aromatic rings. The van der Waals surface area contributed by atoms with Crippen molar-refractivity contribution in [2.45, 2.75) is 35.1 Å². The largest absolute Gasteiger partial charge is 0.508 e. The van der Waals surface area contributed by atoms with Crippen molar-refractivity contribution in [3.63, 3.8) is 0 Å². The third kappa shape index (κ3) is 4.11. The normalized spacial score (nSPS) is 29.6. The number of fused-ring (bicyclic) bond motifs is 4. The lowest BCUT2D eigenvalue weighted by atomic mass is 9.56. The molecule has 48 heavy (non-hydrogen) atoms. The van der Waals surface area contributed by atoms with Gasteiger partial charge < -0.3 is 9.84 Å². The van der Waals surface area contributed by atoms with Crippen LogP contribution in [0.15, 0.2) is 47.4 Å². The second-order valence-electron chi connectivity index (χ2n) is 12.0. The van der Waals surface area contributed by atoms with Crippen LogP contribution in [-0.4, -0.2) is 50.5 Å². The molecule has 4 aliphatic rings. The van der Waals surface area contributed by atoms with Crippen molar-refractivity contribution in [3.05, 3.63) is 86.9 Å². The Hall–Kier alpha value is -4.01. The molecule has 6 atom stereocenters. The van der Waals surface area contributed by atoms with Crippen molar-refractivity contribution in [1.82, 2.24) is 4.90 Å². The number of alkyl halides is 2. The van der Waals surface area contributed by atoms with Gasteiger partial charge in [0.05, 0.1) is 25.5 Å². The van der Waals surface area contributed by atoms with E-state index in [4.69, 9.17) is 27.9 Å². The van der Waals surface area contributed by atoms with Crippen molar-refractivity contribution in [1.29, 1.82) is 0 Å². The average molecular weight is 727 g/mol. The van der Waals surface area contributed by atoms with E-state index in [1.165, 1.54) is 30.6 Å². The number of halogens is 7. The number of phenolic OH excluding ortho intramolecular Hbond substituents is 1. The molecule has 8 nitrogen and oxygen atoms in total. The van der Waals surface area contributed by atoms with Gasteiger partial charge in [-0.25, -0.2) is 26.9 Å². The highest BCUT2D eigenvalue weighted by Gasteiger charge is 2.77. The van der Waals surface area contributed by atoms with E-state index in [2.05, 4.69) is 0 Å². The minimum atomic E-state index is -2.70. The van der Waals surface area contributed by atoms with Gasteiger partial charge >= 0.3 is 0 Å². The zero-order valence-corrected chi connectivity index (χ0v) is 26.7. The highest BCUT2D eigenvalue weighted by atomic mass is 35.5. The number of carbonyl (C=O) groups is 4. The number of phenols is 1. The number of methoxy groups -OCH3 is 1. The monoisotopic (exact) mass is 726 g/mol. The number of thiophene rings is 1. The molecule has 3 fully saturated rings. The van der Waals surface area contributed by atoms with Crippen LogP contribution in [0.2, 0.25) is 0 Å². The van der Waals surface area contributed by atoms with Gasteiger partial charge in [0, 0.05) is 22.4 Å². The Labute approximate surface area is 282 Å². The number of ether oxygens (including phenoxy) is 1. The maximum Gasteiger partial charge on any atom is 0.258 e. The minimum Gasteiger partial charge on any atom is -0.508 e. The molecule has 7 rings (SSSR count). The lowest BCUT2D eigenvalue weighted by molar-refractivity contribution is -0.141. The molecule has 4 amide bonds. The second kappa shape index (κ2) is 11.0. The fourth-order valence-electron chi connectivity index (χ4n) is 7.63. The van der Waals surface area contributed by atoms with E-state index in [0.29, 0.717) is 0 Å². The number of carbonyl (C=O) groups excluding carboxylic acids is 4. The van der Waals surface area contributed by atoms with E-state index in [0.717, 1.165) is 15.8 Å². The Morgan fingerprint density at radius 3 is 2.23 bits per heavy atom. The number of hydrogen-bond acceptors (Lipinski definition) is 7. The maximum atomic E-state index is 15.2. The molecular weight excluding hydrogens is 706 g/mol. The number of benzene rings is 2. The van der Waals surface area contributed by atoms with Gasteiger partial charge in [0.15, 0.2) is 33.0 Å². The summed E-state index contributed by atoms with van der Waals surface area (Å²) in [6.07, 6.45) is 0.969. The Morgan fingerprint density at radius 1 is 0.938 bits per heavy atom. The van der Waals surface area contributed by atoms with E-state index in [1.807, 2.05) is 0 Å². The van der Waals surface area contributed by atoms with E-state index >= 15 is 8.78 Å². The summed E-state index contributed by atoms with van der Waals surface area (Å²) in [5.74, 6) is -21.5. The number of anilines is 1. The van der Waals surface area contributed by atoms with Crippen LogP contribution >= 0.6 is 34.5 Å². The minimum absolute atomic E-state index is 0.00462. The first-order valence-electron chi connectivity index (χ1n) is 14.4. The third-order valence-corrected chi connectivity index (χ3v) is 12.0. The van der Waals surface area contributed by atoms with E-state index < -0.39 is 98.2 Å². The first kappa shape index (κ1) is 32.5. The predicted octanol–water partition coefficient (Wildman–Crippen LogP) is 5.92. The molecule has 2 aliphatic carbocycles. The van der Waals surface area contributed by atoms with Crippen molar-refractivity contribution >= 4 is 63.9 Å². The smallest absolute Gasteiger partial charge is 0.258 e. The summed E-state index contributed by atoms with van der Waals surface area (Å²) in [4.78, 5) is 52.4. The van der Waals surface area contributed by atoms with Crippen LogP contribution < -0.4 is 9.64 Å². The lowest BCUT2D eigenvalue weighted by Gasteiger charge is -2.50. The van der Waals surface area contributed by atoms with Gasteiger partial charge in [-0.05, 0) is 36.3 Å². The van der Waals surface area contributed by atoms with Crippen LogP contribution in [0.4, 0.5) is 27.6 Å². The molecule has 3 heterocycles. The standard InChI is InChI=1S/C32H21Cl2F5N2O6S/c1-47-18-9-12(42)4-5-15(18)20-14-6-7-16-19(28(44)40(27(16)43)11-13-3-2-8-48-13)17(14)10-31(33)29(45)41(30(46)32(20,31)34)26-24(38)22(36)21(35)23(37)25(26)39/h2-6,8-9,16-17,19-20,42H,7,10-11H2,1H3/t16-,17+,19-,20+,31+,32-/m0/s1. The van der Waals surface area contributed by atoms with Gasteiger partial charge in [-0.3, -0.25) is 24.1 Å². The quantitative estimate of drug-likeness (QED) is 0.0875. The predicted molar refractivity (Wildman–Crippen MR) is 161 cm³/mol. The van der Waals surface area contributed by atoms with Crippen LogP contribution in [0.3, 0.4) is 0 Å². The zero-order chi connectivity index (χ0) is 34.6. The molecule has 0 unspecified atom stereocenters. The molecular formula is C32H21Cl2F5N2O6S. The number of allylic oxidation sites excluding steroid dienone is 2. The van der Waals surface area contributed by atoms with Gasteiger partial charge in [-0.2, -0.15) is 0 Å². The van der Waals surface area contributed by atoms with Crippen molar-refractivity contribution in [3.8, 4) is 11.5 Å². The Kier molecular flexibility index (Phi) is 7.46. The fourth-order valence-corrected chi connectivity index (χ4v) is 9.25. The number of likely N-dealkylation sites (tertiary alicyclic amines) is 1. The maximum absolute atomic E-state index is 15.2. The van der Waals surface area contributed by atoms with Crippen LogP contribution in [0.5, 0.6) is 11.5 Å². The van der Waals surface area contributed by atoms with Gasteiger partial charge in [0.2, 0.25) is 17.6 Å². The van der Waals surface area contributed by atoms with Crippen LogP contribution in [0, 0.1) is 46.8 Å². The summed E-state index contributed by atoms with van der Waals surface area (Å²) in [6.45, 7) is -0.0174. The molecule has 2 saturated heterocycles. The molecule has 0 bridgehead atoms. The van der Waals surface area contributed by atoms with Crippen LogP contribution in [0.25, 0.3) is 0 Å². The third-order valence-electron chi connectivity index (χ3n) is 9.73. The Balaban J connectivity index is 1.43. The van der Waals surface area contributed by atoms with Gasteiger partial charge in [-0.1, -0.05) is 23.8 Å². The summed E-state index contributed by atoms with van der Waals surface area (Å²) >= 11 is 15.6. The van der Waals surface area contributed by atoms with Crippen LogP contribution in [-0.2, 0) is 25.7 Å². The molecule has 2 aliphatic heterocycles. The molecule has 0 radical (unpaired) electrons. The van der Waals surface area contributed by atoms with Crippen molar-refractivity contribution in [2.75, 3.05) is 12.0 Å². The molecule has 16 heteroatoms. The number of amides is 4. The van der Waals surface area contributed by atoms with E-state index in [1.54, 1.807) is 23.6 Å². The first-order chi connectivity index (χ1) is 22.7. The van der Waals surface area contributed by atoms with Gasteiger partial charge in [-0.15, -0.1) is 34.5 Å². The molecule has 0 spiro atoms. The molecule has 250 valence electrons. The second-order valence-corrected chi connectivity index (χ2v) is 14.2. The molecule has 2 aromatic carbocycles. The summed E-state index contributed by atoms with van der Waals surface area (Å²) in [5, 5.41) is 12.0. The molecule has 1 aromatic heterocycles. The highest BCUT2D eigenvalue weighted by molar-refractivity contribution is 7.09. The summed E-state index contributed by atoms with van der Waals surface area (Å²) in [5.41, 5.74) is -1.54. The van der Waals surface area contributed by atoms with E-state index in [9.17, 15) is 37.5 Å².